The molecule has 0 spiro atoms. The van der Waals surface area contributed by atoms with E-state index in [1.807, 2.05) is 18.2 Å². The second-order valence-electron chi connectivity index (χ2n) is 7.05. The first kappa shape index (κ1) is 21.5. The van der Waals surface area contributed by atoms with Gasteiger partial charge >= 0.3 is 6.36 Å². The van der Waals surface area contributed by atoms with Crippen LogP contribution in [-0.2, 0) is 17.9 Å². The summed E-state index contributed by atoms with van der Waals surface area (Å²) >= 11 is 5.76. The monoisotopic (exact) mass is 426 g/mol. The molecule has 0 radical (unpaired) electrons. The topological polar surface area (TPSA) is 41.6 Å². The third-order valence-electron chi connectivity index (χ3n) is 4.92. The first-order valence-corrected chi connectivity index (χ1v) is 9.76. The Morgan fingerprint density at radius 1 is 1.14 bits per heavy atom. The number of hydrogen-bond acceptors (Lipinski definition) is 3. The summed E-state index contributed by atoms with van der Waals surface area (Å²) < 4.78 is 41.8. The summed E-state index contributed by atoms with van der Waals surface area (Å²) in [5.41, 5.74) is 1.46. The summed E-state index contributed by atoms with van der Waals surface area (Å²) in [5, 5.41) is 2.86. The smallest absolute Gasteiger partial charge is 0.405 e. The molecule has 1 amide bonds. The van der Waals surface area contributed by atoms with Crippen LogP contribution < -0.4 is 10.1 Å². The highest BCUT2D eigenvalue weighted by Crippen LogP contribution is 2.29. The molecule has 1 saturated heterocycles. The molecule has 29 heavy (non-hydrogen) atoms. The number of amides is 1. The number of carbonyl (C=O) groups excluding carboxylic acids is 1. The summed E-state index contributed by atoms with van der Waals surface area (Å²) in [5.74, 6) is -0.707. The largest absolute Gasteiger partial charge is 0.573 e. The van der Waals surface area contributed by atoms with Crippen LogP contribution in [-0.4, -0.2) is 30.3 Å². The van der Waals surface area contributed by atoms with Crippen molar-refractivity contribution in [2.24, 2.45) is 5.92 Å². The van der Waals surface area contributed by atoms with Gasteiger partial charge in [-0.3, -0.25) is 9.69 Å². The summed E-state index contributed by atoms with van der Waals surface area (Å²) in [7, 11) is 0. The molecule has 0 aromatic heterocycles. The van der Waals surface area contributed by atoms with Crippen LogP contribution in [0.1, 0.15) is 24.0 Å². The van der Waals surface area contributed by atoms with E-state index < -0.39 is 12.1 Å². The number of benzene rings is 2. The van der Waals surface area contributed by atoms with Crippen molar-refractivity contribution in [1.29, 1.82) is 0 Å². The molecule has 0 saturated carbocycles. The fourth-order valence-electron chi connectivity index (χ4n) is 3.42. The van der Waals surface area contributed by atoms with E-state index >= 15 is 0 Å². The van der Waals surface area contributed by atoms with Crippen LogP contribution >= 0.6 is 11.6 Å². The third kappa shape index (κ3) is 6.65. The molecular formula is C21H22ClF3N2O2. The zero-order valence-corrected chi connectivity index (χ0v) is 16.5. The van der Waals surface area contributed by atoms with Gasteiger partial charge in [0.1, 0.15) is 5.75 Å². The Kier molecular flexibility index (Phi) is 7.03. The maximum atomic E-state index is 12.6. The second kappa shape index (κ2) is 9.50. The third-order valence-corrected chi connectivity index (χ3v) is 5.15. The highest BCUT2D eigenvalue weighted by atomic mass is 35.5. The molecule has 8 heteroatoms. The van der Waals surface area contributed by atoms with E-state index in [0.29, 0.717) is 12.8 Å². The summed E-state index contributed by atoms with van der Waals surface area (Å²) in [4.78, 5) is 14.8. The quantitative estimate of drug-likeness (QED) is 0.723. The predicted octanol–water partition coefficient (Wildman–Crippen LogP) is 4.77. The van der Waals surface area contributed by atoms with E-state index in [1.165, 1.54) is 17.7 Å². The molecule has 2 aromatic carbocycles. The van der Waals surface area contributed by atoms with Gasteiger partial charge < -0.3 is 10.1 Å². The molecule has 1 aliphatic heterocycles. The van der Waals surface area contributed by atoms with Crippen LogP contribution in [0.2, 0.25) is 5.02 Å². The molecule has 0 aliphatic carbocycles. The minimum atomic E-state index is -4.82. The number of ether oxygens (including phenoxy) is 1. The lowest BCUT2D eigenvalue weighted by Gasteiger charge is -2.31. The Bertz CT molecular complexity index is 822. The summed E-state index contributed by atoms with van der Waals surface area (Å²) in [6, 6.07) is 14.1. The predicted molar refractivity (Wildman–Crippen MR) is 104 cm³/mol. The molecule has 0 unspecified atom stereocenters. The minimum absolute atomic E-state index is 0.0500. The van der Waals surface area contributed by atoms with Crippen molar-refractivity contribution in [3.63, 3.8) is 0 Å². The molecule has 0 bridgehead atoms. The van der Waals surface area contributed by atoms with Gasteiger partial charge in [0.25, 0.3) is 0 Å². The Balaban J connectivity index is 1.50. The van der Waals surface area contributed by atoms with Gasteiger partial charge in [-0.1, -0.05) is 48.0 Å². The molecular weight excluding hydrogens is 405 g/mol. The van der Waals surface area contributed by atoms with Crippen LogP contribution in [0.15, 0.2) is 48.5 Å². The molecule has 1 aliphatic rings. The van der Waals surface area contributed by atoms with Crippen molar-refractivity contribution in [1.82, 2.24) is 10.2 Å². The lowest BCUT2D eigenvalue weighted by molar-refractivity contribution is -0.274. The van der Waals surface area contributed by atoms with Gasteiger partial charge in [-0.2, -0.15) is 0 Å². The first-order valence-electron chi connectivity index (χ1n) is 9.38. The number of hydrogen-bond donors (Lipinski definition) is 1. The Morgan fingerprint density at radius 2 is 1.83 bits per heavy atom. The van der Waals surface area contributed by atoms with Gasteiger partial charge in [0, 0.05) is 29.6 Å². The number of nitrogens with zero attached hydrogens (tertiary/aromatic N) is 1. The van der Waals surface area contributed by atoms with Crippen molar-refractivity contribution < 1.29 is 22.7 Å². The molecule has 1 heterocycles. The van der Waals surface area contributed by atoms with Crippen LogP contribution in [0.25, 0.3) is 0 Å². The lowest BCUT2D eigenvalue weighted by Crippen LogP contribution is -2.40. The van der Waals surface area contributed by atoms with Crippen molar-refractivity contribution in [2.45, 2.75) is 32.3 Å². The fraction of sp³-hybridized carbons (Fsp3) is 0.381. The Morgan fingerprint density at radius 3 is 2.48 bits per heavy atom. The van der Waals surface area contributed by atoms with E-state index in [0.717, 1.165) is 25.7 Å². The first-order chi connectivity index (χ1) is 13.8. The van der Waals surface area contributed by atoms with Crippen molar-refractivity contribution in [3.8, 4) is 5.75 Å². The number of likely N-dealkylation sites (tertiary alicyclic amines) is 1. The van der Waals surface area contributed by atoms with Crippen LogP contribution in [0.4, 0.5) is 13.2 Å². The molecule has 1 fully saturated rings. The Labute approximate surface area is 172 Å². The fourth-order valence-corrected chi connectivity index (χ4v) is 3.58. The van der Waals surface area contributed by atoms with Gasteiger partial charge in [0.05, 0.1) is 0 Å². The maximum absolute atomic E-state index is 12.6. The van der Waals surface area contributed by atoms with Crippen LogP contribution in [0, 0.1) is 5.92 Å². The average Bonchev–Trinajstić information content (AvgIpc) is 2.67. The normalized spacial score (nSPS) is 15.9. The number of alkyl halides is 3. The highest BCUT2D eigenvalue weighted by Gasteiger charge is 2.32. The molecule has 4 nitrogen and oxygen atoms in total. The van der Waals surface area contributed by atoms with Gasteiger partial charge in [-0.15, -0.1) is 13.2 Å². The van der Waals surface area contributed by atoms with Crippen molar-refractivity contribution in [3.05, 3.63) is 64.7 Å². The van der Waals surface area contributed by atoms with Crippen molar-refractivity contribution in [2.75, 3.05) is 13.1 Å². The van der Waals surface area contributed by atoms with Gasteiger partial charge in [0.2, 0.25) is 5.91 Å². The SMILES string of the molecule is O=C(NCc1ccc(Cl)cc1OC(F)(F)F)C1CCN(Cc2ccccc2)CC1. The number of piperidine rings is 1. The molecule has 0 atom stereocenters. The van der Waals surface area contributed by atoms with E-state index in [4.69, 9.17) is 11.6 Å². The second-order valence-corrected chi connectivity index (χ2v) is 7.49. The van der Waals surface area contributed by atoms with Gasteiger partial charge in [0.15, 0.2) is 0 Å². The van der Waals surface area contributed by atoms with Crippen LogP contribution in [0.5, 0.6) is 5.75 Å². The Hall–Kier alpha value is -2.25. The average molecular weight is 427 g/mol. The zero-order chi connectivity index (χ0) is 20.9. The number of rotatable bonds is 6. The van der Waals surface area contributed by atoms with Gasteiger partial charge in [-0.05, 0) is 43.6 Å². The molecule has 2 aromatic rings. The van der Waals surface area contributed by atoms with E-state index in [-0.39, 0.29) is 29.0 Å². The zero-order valence-electron chi connectivity index (χ0n) is 15.7. The molecule has 3 rings (SSSR count). The molecule has 156 valence electrons. The molecule has 1 N–H and O–H groups in total. The lowest BCUT2D eigenvalue weighted by atomic mass is 9.95. The number of halogens is 4. The standard InChI is InChI=1S/C21H22ClF3N2O2/c22-18-7-6-17(19(12-18)29-21(23,24)25)13-26-20(28)16-8-10-27(11-9-16)14-15-4-2-1-3-5-15/h1-7,12,16H,8-11,13-14H2,(H,26,28). The number of carbonyl (C=O) groups is 1. The van der Waals surface area contributed by atoms with E-state index in [2.05, 4.69) is 27.1 Å². The maximum Gasteiger partial charge on any atom is 0.573 e. The summed E-state index contributed by atoms with van der Waals surface area (Å²) in [6.07, 6.45) is -3.40. The minimum Gasteiger partial charge on any atom is -0.405 e. The summed E-state index contributed by atoms with van der Waals surface area (Å²) in [6.45, 7) is 2.40. The van der Waals surface area contributed by atoms with E-state index in [9.17, 15) is 18.0 Å². The van der Waals surface area contributed by atoms with E-state index in [1.54, 1.807) is 0 Å². The van der Waals surface area contributed by atoms with Gasteiger partial charge in [-0.25, -0.2) is 0 Å². The van der Waals surface area contributed by atoms with Crippen LogP contribution in [0.3, 0.4) is 0 Å². The van der Waals surface area contributed by atoms with Crippen molar-refractivity contribution >= 4 is 17.5 Å². The number of nitrogens with one attached hydrogen (secondary N) is 1. The highest BCUT2D eigenvalue weighted by molar-refractivity contribution is 6.30.